The Morgan fingerprint density at radius 1 is 1.50 bits per heavy atom. The number of benzene rings is 1. The van der Waals surface area contributed by atoms with Crippen molar-refractivity contribution < 1.29 is 0 Å². The number of halogens is 1. The standard InChI is InChI=1S/C8H8ClN3/c1-12-4-5-7(10)3-2-6(9)8(5)11-12/h2-4H,10H2,1H3. The Bertz CT molecular complexity index is 394. The first-order chi connectivity index (χ1) is 5.68. The first-order valence-corrected chi connectivity index (χ1v) is 3.93. The minimum Gasteiger partial charge on any atom is -0.398 e. The lowest BCUT2D eigenvalue weighted by Gasteiger charge is -1.94. The summed E-state index contributed by atoms with van der Waals surface area (Å²) in [5, 5.41) is 5.72. The molecular formula is C8H8ClN3. The second-order valence-corrected chi connectivity index (χ2v) is 3.11. The van der Waals surface area contributed by atoms with Crippen molar-refractivity contribution in [1.82, 2.24) is 9.78 Å². The zero-order valence-corrected chi connectivity index (χ0v) is 7.34. The van der Waals surface area contributed by atoms with Gasteiger partial charge in [-0.1, -0.05) is 11.6 Å². The van der Waals surface area contributed by atoms with E-state index in [4.69, 9.17) is 17.3 Å². The normalized spacial score (nSPS) is 10.8. The van der Waals surface area contributed by atoms with E-state index < -0.39 is 0 Å². The van der Waals surface area contributed by atoms with E-state index in [1.54, 1.807) is 16.8 Å². The molecule has 0 atom stereocenters. The molecule has 0 fully saturated rings. The van der Waals surface area contributed by atoms with Crippen LogP contribution in [0.3, 0.4) is 0 Å². The maximum Gasteiger partial charge on any atom is 0.113 e. The molecule has 0 aliphatic heterocycles. The van der Waals surface area contributed by atoms with Crippen molar-refractivity contribution in [3.8, 4) is 0 Å². The first-order valence-electron chi connectivity index (χ1n) is 3.56. The van der Waals surface area contributed by atoms with E-state index in [2.05, 4.69) is 5.10 Å². The number of nitrogens with zero attached hydrogens (tertiary/aromatic N) is 2. The number of nitrogens with two attached hydrogens (primary N) is 1. The Morgan fingerprint density at radius 3 is 2.92 bits per heavy atom. The van der Waals surface area contributed by atoms with Gasteiger partial charge in [0, 0.05) is 24.3 Å². The van der Waals surface area contributed by atoms with Gasteiger partial charge in [-0.05, 0) is 12.1 Å². The summed E-state index contributed by atoms with van der Waals surface area (Å²) >= 11 is 5.91. The highest BCUT2D eigenvalue weighted by atomic mass is 35.5. The second-order valence-electron chi connectivity index (χ2n) is 2.70. The Hall–Kier alpha value is -1.22. The van der Waals surface area contributed by atoms with E-state index in [-0.39, 0.29) is 0 Å². The third-order valence-corrected chi connectivity index (χ3v) is 2.08. The van der Waals surface area contributed by atoms with E-state index >= 15 is 0 Å². The smallest absolute Gasteiger partial charge is 0.113 e. The fourth-order valence-electron chi connectivity index (χ4n) is 1.21. The molecule has 1 aromatic heterocycles. The molecule has 1 aromatic carbocycles. The van der Waals surface area contributed by atoms with Crippen molar-refractivity contribution in [3.63, 3.8) is 0 Å². The van der Waals surface area contributed by atoms with Crippen molar-refractivity contribution in [2.45, 2.75) is 0 Å². The van der Waals surface area contributed by atoms with Gasteiger partial charge in [0.2, 0.25) is 0 Å². The quantitative estimate of drug-likeness (QED) is 0.630. The summed E-state index contributed by atoms with van der Waals surface area (Å²) in [6, 6.07) is 3.54. The van der Waals surface area contributed by atoms with E-state index in [0.717, 1.165) is 10.9 Å². The summed E-state index contributed by atoms with van der Waals surface area (Å²) < 4.78 is 1.70. The molecule has 0 saturated heterocycles. The Labute approximate surface area is 74.7 Å². The van der Waals surface area contributed by atoms with Crippen LogP contribution in [0.25, 0.3) is 10.9 Å². The molecule has 2 rings (SSSR count). The molecule has 0 aliphatic carbocycles. The summed E-state index contributed by atoms with van der Waals surface area (Å²) in [6.07, 6.45) is 1.86. The molecule has 0 unspecified atom stereocenters. The van der Waals surface area contributed by atoms with Gasteiger partial charge in [-0.25, -0.2) is 0 Å². The van der Waals surface area contributed by atoms with Crippen LogP contribution >= 0.6 is 11.6 Å². The molecule has 12 heavy (non-hydrogen) atoms. The van der Waals surface area contributed by atoms with Gasteiger partial charge in [0.25, 0.3) is 0 Å². The van der Waals surface area contributed by atoms with Crippen molar-refractivity contribution in [3.05, 3.63) is 23.4 Å². The highest BCUT2D eigenvalue weighted by molar-refractivity contribution is 6.35. The van der Waals surface area contributed by atoms with Gasteiger partial charge in [0.1, 0.15) is 5.52 Å². The molecule has 0 aliphatic rings. The molecule has 0 saturated carbocycles. The Balaban J connectivity index is 2.93. The summed E-state index contributed by atoms with van der Waals surface area (Å²) in [5.74, 6) is 0. The van der Waals surface area contributed by atoms with Gasteiger partial charge in [-0.3, -0.25) is 4.68 Å². The Morgan fingerprint density at radius 2 is 2.25 bits per heavy atom. The van der Waals surface area contributed by atoms with Crippen LogP contribution in [0.5, 0.6) is 0 Å². The summed E-state index contributed by atoms with van der Waals surface area (Å²) in [7, 11) is 1.84. The first kappa shape index (κ1) is 7.43. The molecule has 2 aromatic rings. The van der Waals surface area contributed by atoms with Gasteiger partial charge in [-0.2, -0.15) is 5.10 Å². The maximum absolute atomic E-state index is 5.91. The van der Waals surface area contributed by atoms with Crippen molar-refractivity contribution in [1.29, 1.82) is 0 Å². The largest absolute Gasteiger partial charge is 0.398 e. The zero-order chi connectivity index (χ0) is 8.72. The minimum atomic E-state index is 0.639. The lowest BCUT2D eigenvalue weighted by atomic mass is 10.2. The number of aryl methyl sites for hydroxylation is 1. The van der Waals surface area contributed by atoms with Crippen LogP contribution in [-0.2, 0) is 7.05 Å². The number of anilines is 1. The topological polar surface area (TPSA) is 43.8 Å². The number of aromatic nitrogens is 2. The molecule has 4 heteroatoms. The van der Waals surface area contributed by atoms with Crippen LogP contribution in [0.1, 0.15) is 0 Å². The van der Waals surface area contributed by atoms with E-state index in [0.29, 0.717) is 10.7 Å². The third kappa shape index (κ3) is 0.940. The number of fused-ring (bicyclic) bond motifs is 1. The molecule has 0 bridgehead atoms. The van der Waals surface area contributed by atoms with Crippen LogP contribution < -0.4 is 5.73 Å². The molecule has 62 valence electrons. The highest BCUT2D eigenvalue weighted by Crippen LogP contribution is 2.26. The van der Waals surface area contributed by atoms with Gasteiger partial charge >= 0.3 is 0 Å². The highest BCUT2D eigenvalue weighted by Gasteiger charge is 2.05. The van der Waals surface area contributed by atoms with Gasteiger partial charge in [0.05, 0.1) is 5.02 Å². The van der Waals surface area contributed by atoms with Crippen molar-refractivity contribution in [2.24, 2.45) is 7.05 Å². The van der Waals surface area contributed by atoms with E-state index in [9.17, 15) is 0 Å². The van der Waals surface area contributed by atoms with Crippen LogP contribution in [0, 0.1) is 0 Å². The fourth-order valence-corrected chi connectivity index (χ4v) is 1.41. The predicted octanol–water partition coefficient (Wildman–Crippen LogP) is 1.81. The van der Waals surface area contributed by atoms with Crippen LogP contribution in [-0.4, -0.2) is 9.78 Å². The second kappa shape index (κ2) is 2.38. The van der Waals surface area contributed by atoms with Gasteiger partial charge < -0.3 is 5.73 Å². The van der Waals surface area contributed by atoms with Crippen LogP contribution in [0.2, 0.25) is 5.02 Å². The average Bonchev–Trinajstić information content (AvgIpc) is 2.41. The molecular weight excluding hydrogens is 174 g/mol. The van der Waals surface area contributed by atoms with Crippen molar-refractivity contribution >= 4 is 28.2 Å². The van der Waals surface area contributed by atoms with Gasteiger partial charge in [-0.15, -0.1) is 0 Å². The predicted molar refractivity (Wildman–Crippen MR) is 50.1 cm³/mol. The van der Waals surface area contributed by atoms with E-state index in [1.165, 1.54) is 0 Å². The molecule has 2 N–H and O–H groups in total. The average molecular weight is 182 g/mol. The number of nitrogen functional groups attached to an aromatic ring is 1. The summed E-state index contributed by atoms with van der Waals surface area (Å²) in [6.45, 7) is 0. The van der Waals surface area contributed by atoms with Crippen LogP contribution in [0.4, 0.5) is 5.69 Å². The lowest BCUT2D eigenvalue weighted by Crippen LogP contribution is -1.85. The van der Waals surface area contributed by atoms with Crippen LogP contribution in [0.15, 0.2) is 18.3 Å². The molecule has 0 spiro atoms. The minimum absolute atomic E-state index is 0.639. The fraction of sp³-hybridized carbons (Fsp3) is 0.125. The summed E-state index contributed by atoms with van der Waals surface area (Å²) in [5.41, 5.74) is 7.20. The van der Waals surface area contributed by atoms with Gasteiger partial charge in [0.15, 0.2) is 0 Å². The Kier molecular flexibility index (Phi) is 1.48. The van der Waals surface area contributed by atoms with Crippen molar-refractivity contribution in [2.75, 3.05) is 5.73 Å². The monoisotopic (exact) mass is 181 g/mol. The number of rotatable bonds is 0. The maximum atomic E-state index is 5.91. The van der Waals surface area contributed by atoms with E-state index in [1.807, 2.05) is 13.2 Å². The third-order valence-electron chi connectivity index (χ3n) is 1.78. The summed E-state index contributed by atoms with van der Waals surface area (Å²) in [4.78, 5) is 0. The number of hydrogen-bond donors (Lipinski definition) is 1. The lowest BCUT2D eigenvalue weighted by molar-refractivity contribution is 0.780. The SMILES string of the molecule is Cn1cc2c(N)ccc(Cl)c2n1. The molecule has 0 amide bonds. The molecule has 0 radical (unpaired) electrons. The molecule has 3 nitrogen and oxygen atoms in total. The number of hydrogen-bond acceptors (Lipinski definition) is 2. The molecule has 1 heterocycles. The zero-order valence-electron chi connectivity index (χ0n) is 6.58.